The Kier molecular flexibility index (Phi) is 16.2. The summed E-state index contributed by atoms with van der Waals surface area (Å²) < 4.78 is 29.7. The number of carbonyl (C=O) groups is 3. The Morgan fingerprint density at radius 2 is 1.60 bits per heavy atom. The van der Waals surface area contributed by atoms with E-state index in [2.05, 4.69) is 55.9 Å². The highest BCUT2D eigenvalue weighted by Crippen LogP contribution is 2.34. The number of hydrogen-bond acceptors (Lipinski definition) is 7. The molecule has 1 aromatic carbocycles. The maximum Gasteiger partial charge on any atom is 0.250 e. The third kappa shape index (κ3) is 12.3. The molecule has 0 aliphatic rings. The van der Waals surface area contributed by atoms with Gasteiger partial charge in [-0.3, -0.25) is 14.4 Å². The van der Waals surface area contributed by atoms with Crippen molar-refractivity contribution in [3.63, 3.8) is 0 Å². The summed E-state index contributed by atoms with van der Waals surface area (Å²) in [7, 11) is -4.15. The summed E-state index contributed by atoms with van der Waals surface area (Å²) in [4.78, 5) is 39.6. The molecule has 0 saturated heterocycles. The standard InChI is InChI=1S/C26H34Cl3IN4O5S3/c1-15(2)4-9-19(34-42(38,39)22-13-18(28)23(29)41-22)25(36)32-20(12-16-5-7-17(30)8-6-16)26(37)33-21(14-40)24(35)31-11-3-10-27/h5-8,13,15,19-21,34,40H,3-4,9-12,14H2,1-2H3,(H,31,35)(H,32,36)(H,33,37)/t19-,20-,21-/m0/s1. The minimum absolute atomic E-state index is 0.0192. The number of sulfonamides is 1. The Bertz CT molecular complexity index is 1290. The van der Waals surface area contributed by atoms with Gasteiger partial charge < -0.3 is 16.0 Å². The van der Waals surface area contributed by atoms with Crippen molar-refractivity contribution in [1.29, 1.82) is 0 Å². The van der Waals surface area contributed by atoms with Crippen LogP contribution in [0, 0.1) is 9.49 Å². The molecule has 0 fully saturated rings. The molecule has 0 unspecified atom stereocenters. The second-order valence-electron chi connectivity index (χ2n) is 9.80. The number of alkyl halides is 1. The maximum absolute atomic E-state index is 13.6. The number of halogens is 4. The second kappa shape index (κ2) is 18.2. The van der Waals surface area contributed by atoms with E-state index in [9.17, 15) is 22.8 Å². The number of thiophene rings is 1. The summed E-state index contributed by atoms with van der Waals surface area (Å²) in [5, 5.41) is 8.16. The summed E-state index contributed by atoms with van der Waals surface area (Å²) in [6.07, 6.45) is 1.37. The van der Waals surface area contributed by atoms with Crippen molar-refractivity contribution >= 4 is 109 Å². The van der Waals surface area contributed by atoms with Crippen molar-refractivity contribution < 1.29 is 22.8 Å². The monoisotopic (exact) mass is 810 g/mol. The fourth-order valence-corrected chi connectivity index (χ4v) is 7.53. The second-order valence-corrected chi connectivity index (χ2v) is 15.8. The van der Waals surface area contributed by atoms with Crippen LogP contribution in [-0.4, -0.2) is 62.4 Å². The molecule has 0 aliphatic heterocycles. The number of benzene rings is 1. The molecule has 0 saturated carbocycles. The zero-order valence-corrected chi connectivity index (χ0v) is 29.9. The van der Waals surface area contributed by atoms with E-state index in [1.807, 2.05) is 38.1 Å². The van der Waals surface area contributed by atoms with E-state index in [-0.39, 0.29) is 38.1 Å². The number of hydrogen-bond donors (Lipinski definition) is 5. The lowest BCUT2D eigenvalue weighted by molar-refractivity contribution is -0.132. The van der Waals surface area contributed by atoms with Gasteiger partial charge in [-0.25, -0.2) is 8.42 Å². The van der Waals surface area contributed by atoms with Gasteiger partial charge in [0, 0.05) is 28.2 Å². The van der Waals surface area contributed by atoms with Crippen LogP contribution in [0.1, 0.15) is 38.7 Å². The zero-order valence-electron chi connectivity index (χ0n) is 23.0. The van der Waals surface area contributed by atoms with Gasteiger partial charge in [-0.2, -0.15) is 17.4 Å². The third-order valence-corrected chi connectivity index (χ3v) is 11.1. The Labute approximate surface area is 285 Å². The van der Waals surface area contributed by atoms with Crippen LogP contribution in [0.5, 0.6) is 0 Å². The predicted octanol–water partition coefficient (Wildman–Crippen LogP) is 4.63. The van der Waals surface area contributed by atoms with Crippen LogP contribution in [0.4, 0.5) is 0 Å². The third-order valence-electron chi connectivity index (χ3n) is 5.95. The Morgan fingerprint density at radius 1 is 0.976 bits per heavy atom. The molecule has 3 amide bonds. The zero-order chi connectivity index (χ0) is 31.4. The molecule has 9 nitrogen and oxygen atoms in total. The van der Waals surface area contributed by atoms with Gasteiger partial charge >= 0.3 is 0 Å². The summed E-state index contributed by atoms with van der Waals surface area (Å²) in [6.45, 7) is 4.24. The molecular formula is C26H34Cl3IN4O5S3. The van der Waals surface area contributed by atoms with Gasteiger partial charge in [0.25, 0.3) is 10.0 Å². The van der Waals surface area contributed by atoms with Crippen molar-refractivity contribution in [2.45, 2.75) is 61.9 Å². The first-order valence-corrected chi connectivity index (χ1v) is 18.3. The summed E-state index contributed by atoms with van der Waals surface area (Å²) in [5.74, 6) is -1.17. The van der Waals surface area contributed by atoms with Gasteiger partial charge in [0.15, 0.2) is 0 Å². The number of nitrogens with one attached hydrogen (secondary N) is 4. The van der Waals surface area contributed by atoms with Crippen LogP contribution in [0.2, 0.25) is 9.36 Å². The van der Waals surface area contributed by atoms with Gasteiger partial charge in [0.2, 0.25) is 17.7 Å². The minimum Gasteiger partial charge on any atom is -0.354 e. The summed E-state index contributed by atoms with van der Waals surface area (Å²) in [5.41, 5.74) is 0.757. The highest BCUT2D eigenvalue weighted by Gasteiger charge is 2.32. The van der Waals surface area contributed by atoms with E-state index in [4.69, 9.17) is 34.8 Å². The van der Waals surface area contributed by atoms with E-state index in [1.54, 1.807) is 0 Å². The van der Waals surface area contributed by atoms with Crippen LogP contribution < -0.4 is 20.7 Å². The van der Waals surface area contributed by atoms with Crippen LogP contribution in [0.15, 0.2) is 34.5 Å². The quantitative estimate of drug-likeness (QED) is 0.0689. The van der Waals surface area contributed by atoms with E-state index in [0.29, 0.717) is 25.3 Å². The molecule has 0 spiro atoms. The number of amides is 3. The first kappa shape index (κ1) is 37.4. The van der Waals surface area contributed by atoms with E-state index in [0.717, 1.165) is 20.5 Å². The van der Waals surface area contributed by atoms with Crippen molar-refractivity contribution in [3.05, 3.63) is 48.8 Å². The molecule has 234 valence electrons. The van der Waals surface area contributed by atoms with E-state index >= 15 is 0 Å². The number of carbonyl (C=O) groups excluding carboxylic acids is 3. The summed E-state index contributed by atoms with van der Waals surface area (Å²) in [6, 6.07) is 5.33. The molecule has 4 N–H and O–H groups in total. The fourth-order valence-electron chi connectivity index (χ4n) is 3.65. The molecule has 0 aliphatic carbocycles. The minimum atomic E-state index is -4.15. The molecule has 2 rings (SSSR count). The molecule has 16 heteroatoms. The normalized spacial score (nSPS) is 13.8. The van der Waals surface area contributed by atoms with Crippen molar-refractivity contribution in [3.8, 4) is 0 Å². The number of thiol groups is 1. The van der Waals surface area contributed by atoms with Crippen molar-refractivity contribution in [1.82, 2.24) is 20.7 Å². The Morgan fingerprint density at radius 3 is 2.14 bits per heavy atom. The molecule has 42 heavy (non-hydrogen) atoms. The largest absolute Gasteiger partial charge is 0.354 e. The Balaban J connectivity index is 2.31. The van der Waals surface area contributed by atoms with Crippen LogP contribution >= 0.6 is 81.4 Å². The van der Waals surface area contributed by atoms with Gasteiger partial charge in [0.1, 0.15) is 26.7 Å². The lowest BCUT2D eigenvalue weighted by Crippen LogP contribution is -2.57. The van der Waals surface area contributed by atoms with E-state index < -0.39 is 45.9 Å². The number of rotatable bonds is 17. The molecule has 2 aromatic rings. The first-order chi connectivity index (χ1) is 19.8. The van der Waals surface area contributed by atoms with E-state index in [1.165, 1.54) is 6.07 Å². The maximum atomic E-state index is 13.6. The molecule has 0 radical (unpaired) electrons. The molecule has 3 atom stereocenters. The van der Waals surface area contributed by atoms with Crippen LogP contribution in [0.3, 0.4) is 0 Å². The SMILES string of the molecule is CC(C)CC[C@H](NS(=O)(=O)c1cc(Cl)c(Cl)s1)C(=O)N[C@@H](Cc1ccc(I)cc1)C(=O)N[C@@H](CS)C(=O)NCCCCl. The fraction of sp³-hybridized carbons (Fsp3) is 0.500. The first-order valence-electron chi connectivity index (χ1n) is 13.0. The van der Waals surface area contributed by atoms with Gasteiger partial charge in [-0.05, 0) is 71.5 Å². The van der Waals surface area contributed by atoms with Crippen molar-refractivity contribution in [2.24, 2.45) is 5.92 Å². The lowest BCUT2D eigenvalue weighted by Gasteiger charge is -2.25. The van der Waals surface area contributed by atoms with Gasteiger partial charge in [0.05, 0.1) is 5.02 Å². The highest BCUT2D eigenvalue weighted by atomic mass is 127. The molecular weight excluding hydrogens is 778 g/mol. The van der Waals surface area contributed by atoms with Gasteiger partial charge in [-0.1, -0.05) is 49.2 Å². The topological polar surface area (TPSA) is 133 Å². The van der Waals surface area contributed by atoms with Gasteiger partial charge in [-0.15, -0.1) is 22.9 Å². The van der Waals surface area contributed by atoms with Crippen LogP contribution in [-0.2, 0) is 30.8 Å². The Hall–Kier alpha value is -0.810. The summed E-state index contributed by atoms with van der Waals surface area (Å²) >= 11 is 24.7. The molecule has 1 heterocycles. The average Bonchev–Trinajstić information content (AvgIpc) is 3.28. The van der Waals surface area contributed by atoms with Crippen molar-refractivity contribution in [2.75, 3.05) is 18.2 Å². The average molecular weight is 812 g/mol. The molecule has 1 aromatic heterocycles. The van der Waals surface area contributed by atoms with Crippen LogP contribution in [0.25, 0.3) is 0 Å². The lowest BCUT2D eigenvalue weighted by atomic mass is 10.0. The molecule has 0 bridgehead atoms. The smallest absolute Gasteiger partial charge is 0.250 e. The highest BCUT2D eigenvalue weighted by molar-refractivity contribution is 14.1. The predicted molar refractivity (Wildman–Crippen MR) is 181 cm³/mol.